The lowest BCUT2D eigenvalue weighted by Crippen LogP contribution is -2.39. The van der Waals surface area contributed by atoms with E-state index in [-0.39, 0.29) is 0 Å². The Morgan fingerprint density at radius 2 is 2.00 bits per heavy atom. The fourth-order valence-electron chi connectivity index (χ4n) is 2.49. The van der Waals surface area contributed by atoms with E-state index in [9.17, 15) is 0 Å². The number of guanidine groups is 1. The number of aryl methyl sites for hydroxylation is 1. The number of aliphatic imine (C=N–C) groups is 1. The molecule has 29 heavy (non-hydrogen) atoms. The minimum atomic E-state index is 0.410. The van der Waals surface area contributed by atoms with Gasteiger partial charge in [0.2, 0.25) is 5.88 Å². The predicted octanol–water partition coefficient (Wildman–Crippen LogP) is 3.20. The van der Waals surface area contributed by atoms with Crippen LogP contribution < -0.4 is 20.1 Å². The van der Waals surface area contributed by atoms with Gasteiger partial charge in [0.05, 0.1) is 13.2 Å². The van der Waals surface area contributed by atoms with Crippen LogP contribution in [0.4, 0.5) is 0 Å². The number of ether oxygens (including phenoxy) is 3. The first-order valence-electron chi connectivity index (χ1n) is 9.62. The van der Waals surface area contributed by atoms with Crippen LogP contribution in [0.2, 0.25) is 5.02 Å². The van der Waals surface area contributed by atoms with E-state index >= 15 is 0 Å². The first kappa shape index (κ1) is 22.8. The van der Waals surface area contributed by atoms with Crippen LogP contribution in [0.3, 0.4) is 0 Å². The Kier molecular flexibility index (Phi) is 10.1. The third kappa shape index (κ3) is 8.17. The molecule has 8 heteroatoms. The van der Waals surface area contributed by atoms with E-state index in [1.807, 2.05) is 19.9 Å². The second kappa shape index (κ2) is 12.9. The maximum atomic E-state index is 6.03. The standard InChI is InChI=1S/C21H29ClN4O3/c1-4-27-12-13-28-19-14-16(2)7-8-17(19)15-26-21(23-3)25-10-11-29-20-18(22)6-5-9-24-20/h5-9,14H,4,10-13,15H2,1-3H3,(H2,23,25,26). The highest BCUT2D eigenvalue weighted by Crippen LogP contribution is 2.20. The molecule has 0 unspecified atom stereocenters. The second-order valence-electron chi connectivity index (χ2n) is 6.15. The highest BCUT2D eigenvalue weighted by Gasteiger charge is 2.07. The number of aromatic nitrogens is 1. The lowest BCUT2D eigenvalue weighted by molar-refractivity contribution is 0.110. The lowest BCUT2D eigenvalue weighted by Gasteiger charge is -2.16. The second-order valence-corrected chi connectivity index (χ2v) is 6.56. The first-order valence-corrected chi connectivity index (χ1v) is 9.99. The van der Waals surface area contributed by atoms with E-state index in [0.717, 1.165) is 16.9 Å². The number of pyridine rings is 1. The molecule has 0 aliphatic heterocycles. The molecule has 2 aromatic rings. The van der Waals surface area contributed by atoms with Gasteiger partial charge >= 0.3 is 0 Å². The quantitative estimate of drug-likeness (QED) is 0.330. The topological polar surface area (TPSA) is 77.0 Å². The maximum absolute atomic E-state index is 6.03. The van der Waals surface area contributed by atoms with Crippen LogP contribution in [0, 0.1) is 6.92 Å². The van der Waals surface area contributed by atoms with Gasteiger partial charge in [-0.25, -0.2) is 4.98 Å². The summed E-state index contributed by atoms with van der Waals surface area (Å²) >= 11 is 6.03. The Morgan fingerprint density at radius 3 is 2.76 bits per heavy atom. The van der Waals surface area contributed by atoms with Crippen LogP contribution >= 0.6 is 11.6 Å². The van der Waals surface area contributed by atoms with Crippen LogP contribution in [0.25, 0.3) is 0 Å². The molecule has 1 heterocycles. The van der Waals surface area contributed by atoms with Crippen molar-refractivity contribution in [1.82, 2.24) is 15.6 Å². The highest BCUT2D eigenvalue weighted by molar-refractivity contribution is 6.31. The summed E-state index contributed by atoms with van der Waals surface area (Å²) in [6, 6.07) is 9.65. The van der Waals surface area contributed by atoms with Crippen LogP contribution in [-0.4, -0.2) is 51.0 Å². The molecule has 0 amide bonds. The number of hydrogen-bond donors (Lipinski definition) is 2. The fraction of sp³-hybridized carbons (Fsp3) is 0.429. The summed E-state index contributed by atoms with van der Waals surface area (Å²) in [6.45, 7) is 7.33. The molecule has 0 spiro atoms. The van der Waals surface area contributed by atoms with Gasteiger partial charge in [0.15, 0.2) is 5.96 Å². The molecule has 2 rings (SSSR count). The van der Waals surface area contributed by atoms with E-state index < -0.39 is 0 Å². The molecule has 158 valence electrons. The van der Waals surface area contributed by atoms with Crippen LogP contribution in [0.5, 0.6) is 11.6 Å². The molecule has 0 bridgehead atoms. The summed E-state index contributed by atoms with van der Waals surface area (Å²) in [4.78, 5) is 8.33. The number of rotatable bonds is 11. The van der Waals surface area contributed by atoms with Gasteiger partial charge in [-0.3, -0.25) is 4.99 Å². The van der Waals surface area contributed by atoms with Gasteiger partial charge in [0, 0.05) is 32.0 Å². The number of halogens is 1. The zero-order valence-electron chi connectivity index (χ0n) is 17.2. The average Bonchev–Trinajstić information content (AvgIpc) is 2.73. The molecule has 1 aromatic heterocycles. The molecule has 0 aliphatic carbocycles. The normalized spacial score (nSPS) is 11.2. The predicted molar refractivity (Wildman–Crippen MR) is 116 cm³/mol. The highest BCUT2D eigenvalue weighted by atomic mass is 35.5. The van der Waals surface area contributed by atoms with Crippen molar-refractivity contribution < 1.29 is 14.2 Å². The van der Waals surface area contributed by atoms with Crippen molar-refractivity contribution in [3.05, 3.63) is 52.7 Å². The Bertz CT molecular complexity index is 786. The van der Waals surface area contributed by atoms with Gasteiger partial charge in [0.1, 0.15) is 24.0 Å². The molecule has 0 saturated carbocycles. The fourth-order valence-corrected chi connectivity index (χ4v) is 2.67. The summed E-state index contributed by atoms with van der Waals surface area (Å²) in [5, 5.41) is 6.98. The van der Waals surface area contributed by atoms with Gasteiger partial charge < -0.3 is 24.8 Å². The summed E-state index contributed by atoms with van der Waals surface area (Å²) in [7, 11) is 1.72. The van der Waals surface area contributed by atoms with Gasteiger partial charge in [-0.05, 0) is 37.6 Å². The molecule has 0 fully saturated rings. The van der Waals surface area contributed by atoms with Gasteiger partial charge in [0.25, 0.3) is 0 Å². The van der Waals surface area contributed by atoms with E-state index in [1.165, 1.54) is 0 Å². The summed E-state index contributed by atoms with van der Waals surface area (Å²) in [5.74, 6) is 1.94. The number of hydrogen-bond acceptors (Lipinski definition) is 5. The van der Waals surface area contributed by atoms with E-state index in [1.54, 1.807) is 25.4 Å². The van der Waals surface area contributed by atoms with Crippen molar-refractivity contribution in [3.8, 4) is 11.6 Å². The Balaban J connectivity index is 1.80. The Labute approximate surface area is 177 Å². The molecule has 1 aromatic carbocycles. The van der Waals surface area contributed by atoms with Crippen molar-refractivity contribution in [2.75, 3.05) is 40.0 Å². The minimum absolute atomic E-state index is 0.410. The minimum Gasteiger partial charge on any atom is -0.491 e. The van der Waals surface area contributed by atoms with E-state index in [2.05, 4.69) is 32.7 Å². The number of benzene rings is 1. The molecule has 7 nitrogen and oxygen atoms in total. The Hall–Kier alpha value is -2.51. The third-order valence-electron chi connectivity index (χ3n) is 3.94. The molecule has 0 saturated heterocycles. The van der Waals surface area contributed by atoms with Crippen molar-refractivity contribution in [2.24, 2.45) is 4.99 Å². The Morgan fingerprint density at radius 1 is 1.14 bits per heavy atom. The molecule has 0 radical (unpaired) electrons. The van der Waals surface area contributed by atoms with Crippen LogP contribution in [-0.2, 0) is 11.3 Å². The van der Waals surface area contributed by atoms with Gasteiger partial charge in [-0.2, -0.15) is 0 Å². The molecule has 0 aliphatic rings. The number of nitrogens with zero attached hydrogens (tertiary/aromatic N) is 2. The van der Waals surface area contributed by atoms with Crippen molar-refractivity contribution in [2.45, 2.75) is 20.4 Å². The number of nitrogens with one attached hydrogen (secondary N) is 2. The summed E-state index contributed by atoms with van der Waals surface area (Å²) < 4.78 is 16.8. The lowest BCUT2D eigenvalue weighted by atomic mass is 10.1. The van der Waals surface area contributed by atoms with Crippen molar-refractivity contribution >= 4 is 17.6 Å². The van der Waals surface area contributed by atoms with Crippen molar-refractivity contribution in [3.63, 3.8) is 0 Å². The molecule has 2 N–H and O–H groups in total. The third-order valence-corrected chi connectivity index (χ3v) is 4.23. The zero-order chi connectivity index (χ0) is 20.9. The molecular formula is C21H29ClN4O3. The SMILES string of the molecule is CCOCCOc1cc(C)ccc1CNC(=NC)NCCOc1ncccc1Cl. The van der Waals surface area contributed by atoms with Gasteiger partial charge in [-0.1, -0.05) is 23.7 Å². The van der Waals surface area contributed by atoms with Crippen molar-refractivity contribution in [1.29, 1.82) is 0 Å². The maximum Gasteiger partial charge on any atom is 0.232 e. The summed E-state index contributed by atoms with van der Waals surface area (Å²) in [6.07, 6.45) is 1.64. The average molecular weight is 421 g/mol. The first-order chi connectivity index (χ1) is 14.1. The smallest absolute Gasteiger partial charge is 0.232 e. The van der Waals surface area contributed by atoms with Crippen LogP contribution in [0.1, 0.15) is 18.1 Å². The molecule has 0 atom stereocenters. The summed E-state index contributed by atoms with van der Waals surface area (Å²) in [5.41, 5.74) is 2.19. The monoisotopic (exact) mass is 420 g/mol. The van der Waals surface area contributed by atoms with E-state index in [4.69, 9.17) is 25.8 Å². The van der Waals surface area contributed by atoms with Crippen LogP contribution in [0.15, 0.2) is 41.5 Å². The van der Waals surface area contributed by atoms with Gasteiger partial charge in [-0.15, -0.1) is 0 Å². The van der Waals surface area contributed by atoms with E-state index in [0.29, 0.717) is 56.4 Å². The molecular weight excluding hydrogens is 392 g/mol. The largest absolute Gasteiger partial charge is 0.491 e. The zero-order valence-corrected chi connectivity index (χ0v) is 18.0.